The summed E-state index contributed by atoms with van der Waals surface area (Å²) in [6.45, 7) is 0. The van der Waals surface area contributed by atoms with Gasteiger partial charge in [-0.3, -0.25) is 24.7 Å². The van der Waals surface area contributed by atoms with Crippen molar-refractivity contribution in [2.24, 2.45) is 0 Å². The number of hydrogen-bond donors (Lipinski definition) is 2. The van der Waals surface area contributed by atoms with Gasteiger partial charge in [0.15, 0.2) is 6.04 Å². The van der Waals surface area contributed by atoms with E-state index >= 15 is 0 Å². The lowest BCUT2D eigenvalue weighted by atomic mass is 9.88. The highest BCUT2D eigenvalue weighted by Crippen LogP contribution is 2.40. The minimum atomic E-state index is -2.88. The third kappa shape index (κ3) is 5.82. The number of rotatable bonds is 9. The van der Waals surface area contributed by atoms with E-state index in [9.17, 15) is 28.8 Å². The van der Waals surface area contributed by atoms with Crippen molar-refractivity contribution in [1.82, 2.24) is 20.5 Å². The molecule has 0 unspecified atom stereocenters. The molecule has 5 rings (SSSR count). The van der Waals surface area contributed by atoms with Crippen molar-refractivity contribution in [3.05, 3.63) is 77.1 Å². The number of benzene rings is 2. The van der Waals surface area contributed by atoms with Crippen LogP contribution in [0.15, 0.2) is 60.8 Å². The molecular weight excluding hydrogens is 572 g/mol. The number of hydrazine groups is 1. The summed E-state index contributed by atoms with van der Waals surface area (Å²) in [5.41, 5.74) is 0.545. The lowest BCUT2D eigenvalue weighted by molar-refractivity contribution is -0.153. The van der Waals surface area contributed by atoms with Crippen LogP contribution in [-0.2, 0) is 9.59 Å². The molecule has 2 fully saturated rings. The van der Waals surface area contributed by atoms with Crippen molar-refractivity contribution in [3.63, 3.8) is 0 Å². The quantitative estimate of drug-likeness (QED) is 0.347. The number of halogens is 3. The second-order valence-electron chi connectivity index (χ2n) is 9.90. The zero-order chi connectivity index (χ0) is 30.0. The number of carbonyl (C=O) groups is 2. The highest BCUT2D eigenvalue weighted by molar-refractivity contribution is 6.31. The zero-order valence-corrected chi connectivity index (χ0v) is 23.1. The molecule has 2 atom stereocenters. The molecule has 0 radical (unpaired) electrons. The van der Waals surface area contributed by atoms with Crippen LogP contribution in [0.4, 0.5) is 20.4 Å². The zero-order valence-electron chi connectivity index (χ0n) is 22.3. The minimum absolute atomic E-state index is 0.00787. The second kappa shape index (κ2) is 11.8. The summed E-state index contributed by atoms with van der Waals surface area (Å²) in [5.74, 6) is -3.72. The van der Waals surface area contributed by atoms with Crippen molar-refractivity contribution in [2.75, 3.05) is 17.0 Å². The summed E-state index contributed by atoms with van der Waals surface area (Å²) in [6.07, 6.45) is -0.737. The first-order chi connectivity index (χ1) is 20.1. The number of alkyl halides is 2. The van der Waals surface area contributed by atoms with Crippen molar-refractivity contribution in [3.8, 4) is 11.8 Å². The highest BCUT2D eigenvalue weighted by atomic mass is 35.5. The molecule has 1 saturated heterocycles. The van der Waals surface area contributed by atoms with Gasteiger partial charge in [-0.25, -0.2) is 18.7 Å². The number of hydrogen-bond acceptors (Lipinski definition) is 9. The molecule has 42 heavy (non-hydrogen) atoms. The molecule has 1 saturated carbocycles. The number of nitrogens with zero attached hydrogens (tertiary/aromatic N) is 6. The van der Waals surface area contributed by atoms with Crippen LogP contribution < -0.4 is 20.0 Å². The molecule has 1 aliphatic carbocycles. The predicted octanol–water partition coefficient (Wildman–Crippen LogP) is 4.23. The first-order valence-electron chi connectivity index (χ1n) is 13.0. The summed E-state index contributed by atoms with van der Waals surface area (Å²) in [4.78, 5) is 36.4. The van der Waals surface area contributed by atoms with E-state index in [1.807, 2.05) is 6.07 Å². The molecule has 1 aromatic heterocycles. The lowest BCUT2D eigenvalue weighted by Crippen LogP contribution is -2.59. The summed E-state index contributed by atoms with van der Waals surface area (Å²) in [5, 5.41) is 26.0. The first kappa shape index (κ1) is 29.1. The molecule has 0 spiro atoms. The van der Waals surface area contributed by atoms with E-state index in [-0.39, 0.29) is 40.8 Å². The number of hydroxylamine groups is 1. The highest BCUT2D eigenvalue weighted by Gasteiger charge is 2.48. The smallest absolute Gasteiger partial charge is 0.252 e. The van der Waals surface area contributed by atoms with Gasteiger partial charge < -0.3 is 10.1 Å². The van der Waals surface area contributed by atoms with Crippen LogP contribution in [0.2, 0.25) is 5.02 Å². The van der Waals surface area contributed by atoms with Crippen molar-refractivity contribution >= 4 is 35.1 Å². The Morgan fingerprint density at radius 1 is 1.26 bits per heavy atom. The first-order valence-corrected chi connectivity index (χ1v) is 13.4. The fourth-order valence-corrected chi connectivity index (χ4v) is 5.30. The van der Waals surface area contributed by atoms with Gasteiger partial charge in [0.05, 0.1) is 12.8 Å². The van der Waals surface area contributed by atoms with Gasteiger partial charge in [-0.05, 0) is 30.7 Å². The number of nitriles is 1. The van der Waals surface area contributed by atoms with E-state index in [1.54, 1.807) is 48.5 Å². The summed E-state index contributed by atoms with van der Waals surface area (Å²) >= 11 is 6.56. The molecule has 2 N–H and O–H groups in total. The number of nitrogens with one attached hydrogen (secondary N) is 1. The number of ether oxygens (including phenoxy) is 1. The Morgan fingerprint density at radius 2 is 2.02 bits per heavy atom. The molecule has 2 amide bonds. The van der Waals surface area contributed by atoms with E-state index in [2.05, 4.69) is 15.3 Å². The largest absolute Gasteiger partial charge is 0.497 e. The van der Waals surface area contributed by atoms with E-state index in [0.717, 1.165) is 4.90 Å². The van der Waals surface area contributed by atoms with E-state index < -0.39 is 48.8 Å². The SMILES string of the molecule is COc1cccc(N([C@H](C(=O)NC2CC(F)(F)C2)c2ccccc2Cl)N(O)[C@@H]2CCC(=O)N2c2nccc(C#N)n2)c1. The van der Waals surface area contributed by atoms with Crippen LogP contribution in [0.3, 0.4) is 0 Å². The third-order valence-corrected chi connectivity index (χ3v) is 7.43. The molecule has 11 nitrogen and oxygen atoms in total. The van der Waals surface area contributed by atoms with E-state index in [0.29, 0.717) is 10.9 Å². The Morgan fingerprint density at radius 3 is 2.71 bits per heavy atom. The van der Waals surface area contributed by atoms with E-state index in [1.165, 1.54) is 24.4 Å². The van der Waals surface area contributed by atoms with Crippen LogP contribution in [-0.4, -0.2) is 57.4 Å². The Bertz CT molecular complexity index is 1530. The number of carbonyl (C=O) groups excluding carboxylic acids is 2. The standard InChI is InChI=1S/C28H26ClF2N7O4/c1-42-20-6-4-5-19(13-20)37(38(41)23-9-10-24(39)36(23)27-33-12-11-17(16-32)35-27)25(21-7-2-3-8-22(21)29)26(40)34-18-14-28(30,31)15-18/h2-8,11-13,18,23,25,41H,9-10,14-15H2,1H3,(H,34,40)/t23-,25+/m1/s1. The van der Waals surface area contributed by atoms with Crippen LogP contribution in [0.1, 0.15) is 43.0 Å². The van der Waals surface area contributed by atoms with Gasteiger partial charge in [0.1, 0.15) is 23.7 Å². The monoisotopic (exact) mass is 597 g/mol. The topological polar surface area (TPSA) is 135 Å². The molecule has 14 heteroatoms. The van der Waals surface area contributed by atoms with Gasteiger partial charge in [-0.15, -0.1) is 0 Å². The third-order valence-electron chi connectivity index (χ3n) is 7.09. The molecular formula is C28H26ClF2N7O4. The fraction of sp³-hybridized carbons (Fsp3) is 0.321. The average molecular weight is 598 g/mol. The number of amides is 2. The molecule has 218 valence electrons. The summed E-state index contributed by atoms with van der Waals surface area (Å²) < 4.78 is 32.7. The van der Waals surface area contributed by atoms with Crippen LogP contribution in [0.5, 0.6) is 5.75 Å². The molecule has 1 aliphatic heterocycles. The molecule has 2 aromatic carbocycles. The Kier molecular flexibility index (Phi) is 8.22. The van der Waals surface area contributed by atoms with Gasteiger partial charge >= 0.3 is 0 Å². The maximum Gasteiger partial charge on any atom is 0.252 e. The van der Waals surface area contributed by atoms with Crippen molar-refractivity contribution < 1.29 is 28.3 Å². The number of aromatic nitrogens is 2. The van der Waals surface area contributed by atoms with Crippen LogP contribution >= 0.6 is 11.6 Å². The molecule has 3 aromatic rings. The lowest BCUT2D eigenvalue weighted by Gasteiger charge is -2.43. The summed E-state index contributed by atoms with van der Waals surface area (Å²) in [7, 11) is 1.45. The van der Waals surface area contributed by atoms with Gasteiger partial charge in [0.2, 0.25) is 17.8 Å². The Hall–Kier alpha value is -4.38. The normalized spacial score (nSPS) is 18.7. The Balaban J connectivity index is 1.61. The molecule has 0 bridgehead atoms. The van der Waals surface area contributed by atoms with E-state index in [4.69, 9.17) is 16.3 Å². The number of methoxy groups -OCH3 is 1. The summed E-state index contributed by atoms with van der Waals surface area (Å²) in [6, 6.07) is 14.0. The second-order valence-corrected chi connectivity index (χ2v) is 10.3. The predicted molar refractivity (Wildman–Crippen MR) is 147 cm³/mol. The minimum Gasteiger partial charge on any atom is -0.497 e. The van der Waals surface area contributed by atoms with Gasteiger partial charge in [-0.2, -0.15) is 5.26 Å². The van der Waals surface area contributed by atoms with Gasteiger partial charge in [-0.1, -0.05) is 41.0 Å². The fourth-order valence-electron chi connectivity index (χ4n) is 5.07. The van der Waals surface area contributed by atoms with Crippen LogP contribution in [0.25, 0.3) is 0 Å². The number of anilines is 2. The molecule has 2 heterocycles. The average Bonchev–Trinajstić information content (AvgIpc) is 3.36. The van der Waals surface area contributed by atoms with Gasteiger partial charge in [0, 0.05) is 48.2 Å². The Labute approximate surface area is 244 Å². The maximum atomic E-state index is 13.9. The maximum absolute atomic E-state index is 13.9. The molecule has 2 aliphatic rings. The van der Waals surface area contributed by atoms with Crippen LogP contribution in [0, 0.1) is 11.3 Å². The van der Waals surface area contributed by atoms with Gasteiger partial charge in [0.25, 0.3) is 5.92 Å². The van der Waals surface area contributed by atoms with Crippen molar-refractivity contribution in [2.45, 2.75) is 49.9 Å². The van der Waals surface area contributed by atoms with Crippen molar-refractivity contribution in [1.29, 1.82) is 5.26 Å².